The fourth-order valence-corrected chi connectivity index (χ4v) is 2.98. The van der Waals surface area contributed by atoms with Gasteiger partial charge in [0, 0.05) is 18.2 Å². The summed E-state index contributed by atoms with van der Waals surface area (Å²) >= 11 is 0. The van der Waals surface area contributed by atoms with Crippen LogP contribution in [0.2, 0.25) is 0 Å². The van der Waals surface area contributed by atoms with E-state index in [0.29, 0.717) is 11.1 Å². The van der Waals surface area contributed by atoms with Gasteiger partial charge in [-0.1, -0.05) is 30.3 Å². The van der Waals surface area contributed by atoms with E-state index in [2.05, 4.69) is 5.32 Å². The van der Waals surface area contributed by atoms with Gasteiger partial charge >= 0.3 is 6.18 Å². The zero-order valence-electron chi connectivity index (χ0n) is 15.4. The molecule has 1 fully saturated rings. The minimum Gasteiger partial charge on any atom is -0.343 e. The van der Waals surface area contributed by atoms with Crippen LogP contribution < -0.4 is 5.32 Å². The van der Waals surface area contributed by atoms with E-state index in [-0.39, 0.29) is 30.9 Å². The lowest BCUT2D eigenvalue weighted by Gasteiger charge is -2.23. The van der Waals surface area contributed by atoms with E-state index in [4.69, 9.17) is 0 Å². The Morgan fingerprint density at radius 2 is 1.71 bits per heavy atom. The molecule has 0 atom stereocenters. The predicted octanol–water partition coefficient (Wildman–Crippen LogP) is 3.93. The Kier molecular flexibility index (Phi) is 5.72. The zero-order chi connectivity index (χ0) is 20.3. The summed E-state index contributed by atoms with van der Waals surface area (Å²) in [6.45, 7) is 1.89. The molecule has 1 N–H and O–H groups in total. The van der Waals surface area contributed by atoms with Crippen molar-refractivity contribution in [2.45, 2.75) is 38.5 Å². The van der Waals surface area contributed by atoms with Crippen LogP contribution in [0.1, 0.15) is 39.9 Å². The molecule has 2 aromatic rings. The number of nitrogens with one attached hydrogen (secondary N) is 1. The normalized spacial score (nSPS) is 13.9. The fraction of sp³-hybridized carbons (Fsp3) is 0.333. The Bertz CT molecular complexity index is 859. The van der Waals surface area contributed by atoms with Crippen LogP contribution in [-0.4, -0.2) is 29.3 Å². The zero-order valence-corrected chi connectivity index (χ0v) is 15.4. The Morgan fingerprint density at radius 1 is 1.07 bits per heavy atom. The van der Waals surface area contributed by atoms with Crippen molar-refractivity contribution in [2.24, 2.45) is 0 Å². The van der Waals surface area contributed by atoms with Crippen molar-refractivity contribution in [3.63, 3.8) is 0 Å². The molecule has 0 bridgehead atoms. The van der Waals surface area contributed by atoms with Crippen molar-refractivity contribution in [1.29, 1.82) is 0 Å². The first kappa shape index (κ1) is 19.9. The standard InChI is InChI=1S/C21H21F3N2O2/c1-14-4-2-3-5-18(14)20(28)25-12-19(27)26(17-10-11-17)13-15-6-8-16(9-7-15)21(22,23)24/h2-9,17H,10-13H2,1H3,(H,25,28). The molecule has 1 aliphatic rings. The van der Waals surface area contributed by atoms with Gasteiger partial charge in [0.25, 0.3) is 5.91 Å². The van der Waals surface area contributed by atoms with Crippen LogP contribution in [0.4, 0.5) is 13.2 Å². The maximum Gasteiger partial charge on any atom is 0.416 e. The third-order valence-electron chi connectivity index (χ3n) is 4.73. The maximum absolute atomic E-state index is 12.7. The van der Waals surface area contributed by atoms with Crippen molar-refractivity contribution >= 4 is 11.8 Å². The topological polar surface area (TPSA) is 49.4 Å². The lowest BCUT2D eigenvalue weighted by molar-refractivity contribution is -0.137. The Labute approximate surface area is 161 Å². The number of halogens is 3. The van der Waals surface area contributed by atoms with Gasteiger partial charge in [-0.15, -0.1) is 0 Å². The monoisotopic (exact) mass is 390 g/mol. The molecule has 3 rings (SSSR count). The van der Waals surface area contributed by atoms with Gasteiger partial charge in [0.15, 0.2) is 0 Å². The van der Waals surface area contributed by atoms with Crippen molar-refractivity contribution in [3.05, 3.63) is 70.8 Å². The van der Waals surface area contributed by atoms with Gasteiger partial charge in [0.1, 0.15) is 0 Å². The van der Waals surface area contributed by atoms with Crippen LogP contribution in [0.3, 0.4) is 0 Å². The second-order valence-corrected chi connectivity index (χ2v) is 6.95. The van der Waals surface area contributed by atoms with E-state index in [1.54, 1.807) is 17.0 Å². The fourth-order valence-electron chi connectivity index (χ4n) is 2.98. The number of nitrogens with zero attached hydrogens (tertiary/aromatic N) is 1. The molecule has 2 aromatic carbocycles. The van der Waals surface area contributed by atoms with Crippen molar-refractivity contribution in [1.82, 2.24) is 10.2 Å². The number of alkyl halides is 3. The Balaban J connectivity index is 1.62. The summed E-state index contributed by atoms with van der Waals surface area (Å²) in [4.78, 5) is 26.5. The molecule has 0 aliphatic heterocycles. The number of benzene rings is 2. The smallest absolute Gasteiger partial charge is 0.343 e. The van der Waals surface area contributed by atoms with Crippen LogP contribution in [0, 0.1) is 6.92 Å². The van der Waals surface area contributed by atoms with Crippen LogP contribution >= 0.6 is 0 Å². The molecule has 1 aliphatic carbocycles. The van der Waals surface area contributed by atoms with Crippen LogP contribution in [-0.2, 0) is 17.5 Å². The molecule has 148 valence electrons. The largest absolute Gasteiger partial charge is 0.416 e. The third kappa shape index (κ3) is 4.91. The highest BCUT2D eigenvalue weighted by Gasteiger charge is 2.33. The van der Waals surface area contributed by atoms with Crippen LogP contribution in [0.15, 0.2) is 48.5 Å². The molecule has 0 spiro atoms. The summed E-state index contributed by atoms with van der Waals surface area (Å²) in [7, 11) is 0. The van der Waals surface area contributed by atoms with Crippen molar-refractivity contribution in [2.75, 3.05) is 6.54 Å². The number of aryl methyl sites for hydroxylation is 1. The molecule has 2 amide bonds. The number of amides is 2. The number of hydrogen-bond acceptors (Lipinski definition) is 2. The number of hydrogen-bond donors (Lipinski definition) is 1. The molecule has 0 radical (unpaired) electrons. The summed E-state index contributed by atoms with van der Waals surface area (Å²) < 4.78 is 38.1. The average molecular weight is 390 g/mol. The van der Waals surface area contributed by atoms with Gasteiger partial charge in [-0.2, -0.15) is 13.2 Å². The maximum atomic E-state index is 12.7. The van der Waals surface area contributed by atoms with Gasteiger partial charge in [-0.3, -0.25) is 9.59 Å². The summed E-state index contributed by atoms with van der Waals surface area (Å²) in [5.41, 5.74) is 1.23. The lowest BCUT2D eigenvalue weighted by atomic mass is 10.1. The first-order valence-electron chi connectivity index (χ1n) is 9.05. The second-order valence-electron chi connectivity index (χ2n) is 6.95. The highest BCUT2D eigenvalue weighted by atomic mass is 19.4. The molecular weight excluding hydrogens is 369 g/mol. The van der Waals surface area contributed by atoms with Crippen LogP contribution in [0.25, 0.3) is 0 Å². The average Bonchev–Trinajstić information content (AvgIpc) is 3.49. The molecule has 28 heavy (non-hydrogen) atoms. The Morgan fingerprint density at radius 3 is 2.29 bits per heavy atom. The first-order chi connectivity index (χ1) is 13.3. The molecule has 0 unspecified atom stereocenters. The van der Waals surface area contributed by atoms with Crippen molar-refractivity contribution < 1.29 is 22.8 Å². The molecule has 0 aromatic heterocycles. The van der Waals surface area contributed by atoms with Gasteiger partial charge in [-0.05, 0) is 49.1 Å². The Hall–Kier alpha value is -2.83. The second kappa shape index (κ2) is 8.04. The molecular formula is C21H21F3N2O2. The van der Waals surface area contributed by atoms with Crippen LogP contribution in [0.5, 0.6) is 0 Å². The summed E-state index contributed by atoms with van der Waals surface area (Å²) in [5.74, 6) is -0.568. The molecule has 4 nitrogen and oxygen atoms in total. The quantitative estimate of drug-likeness (QED) is 0.812. The van der Waals surface area contributed by atoms with E-state index in [9.17, 15) is 22.8 Å². The van der Waals surface area contributed by atoms with Gasteiger partial charge in [0.05, 0.1) is 12.1 Å². The van der Waals surface area contributed by atoms with Gasteiger partial charge in [0.2, 0.25) is 5.91 Å². The van der Waals surface area contributed by atoms with E-state index in [1.807, 2.05) is 19.1 Å². The van der Waals surface area contributed by atoms with E-state index < -0.39 is 11.7 Å². The highest BCUT2D eigenvalue weighted by molar-refractivity contribution is 5.97. The molecule has 1 saturated carbocycles. The molecule has 7 heteroatoms. The summed E-state index contributed by atoms with van der Waals surface area (Å²) in [5, 5.41) is 2.64. The van der Waals surface area contributed by atoms with Crippen molar-refractivity contribution in [3.8, 4) is 0 Å². The van der Waals surface area contributed by atoms with E-state index in [0.717, 1.165) is 30.5 Å². The third-order valence-corrected chi connectivity index (χ3v) is 4.73. The van der Waals surface area contributed by atoms with E-state index in [1.165, 1.54) is 12.1 Å². The minimum atomic E-state index is -4.38. The number of rotatable bonds is 6. The predicted molar refractivity (Wildman–Crippen MR) is 98.5 cm³/mol. The summed E-state index contributed by atoms with van der Waals surface area (Å²) in [6, 6.07) is 12.0. The minimum absolute atomic E-state index is 0.0742. The highest BCUT2D eigenvalue weighted by Crippen LogP contribution is 2.31. The first-order valence-corrected chi connectivity index (χ1v) is 9.05. The SMILES string of the molecule is Cc1ccccc1C(=O)NCC(=O)N(Cc1ccc(C(F)(F)F)cc1)C1CC1. The molecule has 0 saturated heterocycles. The number of carbonyl (C=O) groups excluding carboxylic acids is 2. The van der Waals surface area contributed by atoms with Gasteiger partial charge < -0.3 is 10.2 Å². The molecule has 0 heterocycles. The van der Waals surface area contributed by atoms with E-state index >= 15 is 0 Å². The van der Waals surface area contributed by atoms with Gasteiger partial charge in [-0.25, -0.2) is 0 Å². The summed E-state index contributed by atoms with van der Waals surface area (Å²) in [6.07, 6.45) is -2.67. The lowest BCUT2D eigenvalue weighted by Crippen LogP contribution is -2.41. The number of carbonyl (C=O) groups is 2.